The van der Waals surface area contributed by atoms with Gasteiger partial charge in [0.25, 0.3) is 11.8 Å². The summed E-state index contributed by atoms with van der Waals surface area (Å²) in [6, 6.07) is 5.57. The Bertz CT molecular complexity index is 1130. The largest absolute Gasteiger partial charge is 0.493 e. The number of hydrogen-bond donors (Lipinski definition) is 2. The maximum atomic E-state index is 12.7. The second-order valence-electron chi connectivity index (χ2n) is 7.68. The van der Waals surface area contributed by atoms with Crippen LogP contribution in [0.5, 0.6) is 5.88 Å². The predicted octanol–water partition coefficient (Wildman–Crippen LogP) is 1.99. The van der Waals surface area contributed by atoms with Crippen molar-refractivity contribution in [2.45, 2.75) is 33.2 Å². The molecular weight excluding hydrogens is 412 g/mol. The van der Waals surface area contributed by atoms with Gasteiger partial charge in [-0.15, -0.1) is 0 Å². The van der Waals surface area contributed by atoms with Gasteiger partial charge in [-0.3, -0.25) is 19.0 Å². The van der Waals surface area contributed by atoms with Gasteiger partial charge in [0.05, 0.1) is 11.7 Å². The molecule has 2 amide bonds. The van der Waals surface area contributed by atoms with E-state index in [1.807, 2.05) is 13.8 Å². The van der Waals surface area contributed by atoms with Gasteiger partial charge in [0.15, 0.2) is 5.82 Å². The van der Waals surface area contributed by atoms with Crippen molar-refractivity contribution in [3.63, 3.8) is 0 Å². The van der Waals surface area contributed by atoms with Gasteiger partial charge in [0, 0.05) is 31.1 Å². The molecule has 1 aromatic carbocycles. The summed E-state index contributed by atoms with van der Waals surface area (Å²) in [6.45, 7) is 5.19. The first-order valence-corrected chi connectivity index (χ1v) is 9.98. The van der Waals surface area contributed by atoms with Crippen molar-refractivity contribution in [2.75, 3.05) is 4.90 Å². The molecule has 10 nitrogen and oxygen atoms in total. The molecule has 10 heteroatoms. The van der Waals surface area contributed by atoms with Gasteiger partial charge in [-0.25, -0.2) is 14.9 Å². The third kappa shape index (κ3) is 4.86. The van der Waals surface area contributed by atoms with Gasteiger partial charge < -0.3 is 10.8 Å². The Morgan fingerprint density at radius 1 is 1.19 bits per heavy atom. The van der Waals surface area contributed by atoms with Gasteiger partial charge in [-0.2, -0.15) is 4.98 Å². The minimum absolute atomic E-state index is 0.0733. The quantitative estimate of drug-likeness (QED) is 0.597. The highest BCUT2D eigenvalue weighted by Gasteiger charge is 2.26. The zero-order valence-corrected chi connectivity index (χ0v) is 18.0. The fourth-order valence-corrected chi connectivity index (χ4v) is 3.18. The van der Waals surface area contributed by atoms with Crippen LogP contribution in [0.4, 0.5) is 5.69 Å². The number of anilines is 1. The van der Waals surface area contributed by atoms with Crippen LogP contribution in [0.2, 0.25) is 0 Å². The summed E-state index contributed by atoms with van der Waals surface area (Å²) >= 11 is 0. The average molecular weight is 436 g/mol. The number of nitrogens with two attached hydrogens (primary N) is 1. The lowest BCUT2D eigenvalue weighted by molar-refractivity contribution is -0.126. The highest BCUT2D eigenvalue weighted by Crippen LogP contribution is 2.24. The maximum Gasteiger partial charge on any atom is 0.270 e. The molecule has 3 rings (SSSR count). The normalized spacial score (nSPS) is 11.9. The van der Waals surface area contributed by atoms with Crippen LogP contribution in [0.25, 0.3) is 11.4 Å². The van der Waals surface area contributed by atoms with E-state index in [1.165, 1.54) is 36.4 Å². The summed E-state index contributed by atoms with van der Waals surface area (Å²) in [5.41, 5.74) is 6.79. The van der Waals surface area contributed by atoms with E-state index in [4.69, 9.17) is 5.73 Å². The van der Waals surface area contributed by atoms with Crippen molar-refractivity contribution in [2.24, 2.45) is 11.7 Å². The summed E-state index contributed by atoms with van der Waals surface area (Å²) in [5.74, 6) is -1.53. The number of hydrogen-bond acceptors (Lipinski definition) is 8. The van der Waals surface area contributed by atoms with E-state index in [-0.39, 0.29) is 17.3 Å². The molecule has 0 fully saturated rings. The van der Waals surface area contributed by atoms with Crippen LogP contribution in [0.1, 0.15) is 37.6 Å². The molecular formula is C22H24N6O4. The van der Waals surface area contributed by atoms with Gasteiger partial charge >= 0.3 is 0 Å². The van der Waals surface area contributed by atoms with Crippen molar-refractivity contribution < 1.29 is 19.5 Å². The zero-order valence-electron chi connectivity index (χ0n) is 18.0. The Kier molecular flexibility index (Phi) is 6.74. The zero-order chi connectivity index (χ0) is 23.4. The summed E-state index contributed by atoms with van der Waals surface area (Å²) in [4.78, 5) is 50.2. The van der Waals surface area contributed by atoms with Crippen LogP contribution in [0.3, 0.4) is 0 Å². The first kappa shape index (κ1) is 22.8. The van der Waals surface area contributed by atoms with E-state index < -0.39 is 29.6 Å². The Morgan fingerprint density at radius 3 is 2.41 bits per heavy atom. The standard InChI is InChI=1S/C22H24N6O4/c1-13(2)10-18(23)22(32)28(14(3)29)16-6-4-15(5-7-16)19-25-11-17(20(30)26-19)21(31)27-9-8-24-12-27/h4-9,11-13,18H,10,23H2,1-3H3,(H,25,26,30). The fourth-order valence-electron chi connectivity index (χ4n) is 3.18. The number of aromatic nitrogens is 4. The van der Waals surface area contributed by atoms with E-state index >= 15 is 0 Å². The molecule has 0 saturated heterocycles. The number of rotatable bonds is 6. The lowest BCUT2D eigenvalue weighted by Gasteiger charge is -2.23. The predicted molar refractivity (Wildman–Crippen MR) is 117 cm³/mol. The molecule has 0 spiro atoms. The molecule has 0 aliphatic heterocycles. The average Bonchev–Trinajstić information content (AvgIpc) is 3.28. The van der Waals surface area contributed by atoms with E-state index in [9.17, 15) is 19.5 Å². The van der Waals surface area contributed by atoms with Crippen LogP contribution >= 0.6 is 0 Å². The molecule has 3 N–H and O–H groups in total. The third-order valence-corrected chi connectivity index (χ3v) is 4.70. The van der Waals surface area contributed by atoms with Crippen molar-refractivity contribution in [1.82, 2.24) is 19.5 Å². The summed E-state index contributed by atoms with van der Waals surface area (Å²) in [5, 5.41) is 10.2. The Morgan fingerprint density at radius 2 is 1.88 bits per heavy atom. The summed E-state index contributed by atoms with van der Waals surface area (Å²) in [7, 11) is 0. The third-order valence-electron chi connectivity index (χ3n) is 4.70. The van der Waals surface area contributed by atoms with E-state index in [1.54, 1.807) is 24.3 Å². The second-order valence-corrected chi connectivity index (χ2v) is 7.68. The van der Waals surface area contributed by atoms with Gasteiger partial charge in [-0.1, -0.05) is 13.8 Å². The fraction of sp³-hybridized carbons (Fsp3) is 0.273. The SMILES string of the molecule is CC(=O)N(C(=O)C(N)CC(C)C)c1ccc(-c2ncc(C(=O)n3ccnc3)c(O)n2)cc1. The molecule has 0 aliphatic rings. The molecule has 0 radical (unpaired) electrons. The lowest BCUT2D eigenvalue weighted by atomic mass is 10.0. The number of carbonyl (C=O) groups is 3. The maximum absolute atomic E-state index is 12.7. The van der Waals surface area contributed by atoms with Crippen molar-refractivity contribution in [3.05, 3.63) is 54.7 Å². The molecule has 2 heterocycles. The van der Waals surface area contributed by atoms with Crippen molar-refractivity contribution in [3.8, 4) is 17.3 Å². The monoisotopic (exact) mass is 436 g/mol. The molecule has 0 saturated carbocycles. The molecule has 166 valence electrons. The lowest BCUT2D eigenvalue weighted by Crippen LogP contribution is -2.46. The highest BCUT2D eigenvalue weighted by molar-refractivity contribution is 6.15. The van der Waals surface area contributed by atoms with Crippen LogP contribution in [0, 0.1) is 5.92 Å². The van der Waals surface area contributed by atoms with Crippen molar-refractivity contribution >= 4 is 23.4 Å². The topological polar surface area (TPSA) is 144 Å². The Labute approximate surface area is 184 Å². The van der Waals surface area contributed by atoms with Gasteiger partial charge in [0.1, 0.15) is 11.9 Å². The van der Waals surface area contributed by atoms with E-state index in [0.29, 0.717) is 17.7 Å². The number of amides is 2. The summed E-state index contributed by atoms with van der Waals surface area (Å²) in [6.07, 6.45) is 5.88. The Hall–Kier alpha value is -3.92. The number of benzene rings is 1. The van der Waals surface area contributed by atoms with E-state index in [2.05, 4.69) is 15.0 Å². The molecule has 0 aliphatic carbocycles. The molecule has 3 aromatic rings. The first-order chi connectivity index (χ1) is 15.2. The highest BCUT2D eigenvalue weighted by atomic mass is 16.3. The van der Waals surface area contributed by atoms with Crippen LogP contribution in [0.15, 0.2) is 49.2 Å². The van der Waals surface area contributed by atoms with Crippen LogP contribution in [-0.2, 0) is 9.59 Å². The van der Waals surface area contributed by atoms with Crippen LogP contribution < -0.4 is 10.6 Å². The smallest absolute Gasteiger partial charge is 0.270 e. The first-order valence-electron chi connectivity index (χ1n) is 9.98. The minimum atomic E-state index is -0.792. The molecule has 1 atom stereocenters. The van der Waals surface area contributed by atoms with Crippen LogP contribution in [-0.4, -0.2) is 48.4 Å². The number of imide groups is 1. The van der Waals surface area contributed by atoms with E-state index in [0.717, 1.165) is 4.90 Å². The Balaban J connectivity index is 1.84. The number of nitrogens with zero attached hydrogens (tertiary/aromatic N) is 5. The second kappa shape index (κ2) is 9.48. The molecule has 1 unspecified atom stereocenters. The minimum Gasteiger partial charge on any atom is -0.493 e. The van der Waals surface area contributed by atoms with Crippen molar-refractivity contribution in [1.29, 1.82) is 0 Å². The molecule has 0 bridgehead atoms. The molecule has 32 heavy (non-hydrogen) atoms. The van der Waals surface area contributed by atoms with Gasteiger partial charge in [-0.05, 0) is 36.6 Å². The number of carbonyl (C=O) groups excluding carboxylic acids is 3. The number of imidazole rings is 1. The van der Waals surface area contributed by atoms with Gasteiger partial charge in [0.2, 0.25) is 11.8 Å². The summed E-state index contributed by atoms with van der Waals surface area (Å²) < 4.78 is 1.20. The molecule has 2 aromatic heterocycles. The number of aromatic hydroxyl groups is 1.